The first kappa shape index (κ1) is 32.1. The molecule has 0 aliphatic heterocycles. The first-order valence-electron chi connectivity index (χ1n) is 16.7. The number of nitrogens with zero attached hydrogens (tertiary/aromatic N) is 8. The summed E-state index contributed by atoms with van der Waals surface area (Å²) in [5.74, 6) is 1.05. The highest BCUT2D eigenvalue weighted by molar-refractivity contribution is 6.04. The average Bonchev–Trinajstić information content (AvgIpc) is 3.21. The summed E-state index contributed by atoms with van der Waals surface area (Å²) in [6.45, 7) is 0. The number of fused-ring (bicyclic) bond motifs is 3. The molecule has 54 heavy (non-hydrogen) atoms. The summed E-state index contributed by atoms with van der Waals surface area (Å²) in [4.78, 5) is 19.8. The van der Waals surface area contributed by atoms with E-state index in [1.54, 1.807) is 97.1 Å². The lowest BCUT2D eigenvalue weighted by Gasteiger charge is -2.11. The van der Waals surface area contributed by atoms with E-state index in [0.29, 0.717) is 67.5 Å². The lowest BCUT2D eigenvalue weighted by atomic mass is 10.0. The fraction of sp³-hybridized carbons (Fsp3) is 0. The van der Waals surface area contributed by atoms with Crippen LogP contribution in [0.5, 0.6) is 23.0 Å². The second kappa shape index (κ2) is 13.0. The van der Waals surface area contributed by atoms with Crippen molar-refractivity contribution in [2.45, 2.75) is 0 Å². The van der Waals surface area contributed by atoms with Crippen LogP contribution in [0.4, 0.5) is 0 Å². The van der Waals surface area contributed by atoms with Crippen molar-refractivity contribution in [3.05, 3.63) is 133 Å². The number of rotatable bonds is 6. The van der Waals surface area contributed by atoms with E-state index in [-0.39, 0.29) is 34.6 Å². The smallest absolute Gasteiger partial charge is 0.201 e. The van der Waals surface area contributed by atoms with Crippen LogP contribution in [0.3, 0.4) is 0 Å². The van der Waals surface area contributed by atoms with Crippen LogP contribution >= 0.6 is 0 Å². The second-order valence-corrected chi connectivity index (χ2v) is 12.5. The van der Waals surface area contributed by atoms with Crippen molar-refractivity contribution in [1.82, 2.24) is 40.3 Å². The summed E-state index contributed by atoms with van der Waals surface area (Å²) in [5, 5.41) is 59.4. The lowest BCUT2D eigenvalue weighted by molar-refractivity contribution is 0.475. The number of hydrogen-bond donors (Lipinski definition) is 4. The van der Waals surface area contributed by atoms with E-state index < -0.39 is 0 Å². The summed E-state index contributed by atoms with van der Waals surface area (Å²) in [6.07, 6.45) is 0. The minimum absolute atomic E-state index is 0.119. The predicted molar refractivity (Wildman–Crippen MR) is 203 cm³/mol. The van der Waals surface area contributed by atoms with E-state index in [0.717, 1.165) is 10.8 Å². The Bertz CT molecular complexity index is 2650. The zero-order chi connectivity index (χ0) is 36.8. The maximum Gasteiger partial charge on any atom is 0.201 e. The van der Waals surface area contributed by atoms with Crippen molar-refractivity contribution >= 4 is 21.8 Å². The Kier molecular flexibility index (Phi) is 7.74. The van der Waals surface area contributed by atoms with Gasteiger partial charge in [0.05, 0.1) is 11.0 Å². The van der Waals surface area contributed by atoms with Crippen LogP contribution in [0.1, 0.15) is 0 Å². The van der Waals surface area contributed by atoms with Crippen LogP contribution in [0.2, 0.25) is 0 Å². The van der Waals surface area contributed by atoms with Gasteiger partial charge in [0.15, 0.2) is 0 Å². The largest absolute Gasteiger partial charge is 0.508 e. The minimum atomic E-state index is 0.119. The van der Waals surface area contributed by atoms with Gasteiger partial charge in [0.1, 0.15) is 57.2 Å². The fourth-order valence-electron chi connectivity index (χ4n) is 6.15. The summed E-state index contributed by atoms with van der Waals surface area (Å²) in [7, 11) is 0. The zero-order valence-electron chi connectivity index (χ0n) is 28.1. The summed E-state index contributed by atoms with van der Waals surface area (Å²) >= 11 is 0. The van der Waals surface area contributed by atoms with Gasteiger partial charge < -0.3 is 20.4 Å². The summed E-state index contributed by atoms with van der Waals surface area (Å²) < 4.78 is 0. The van der Waals surface area contributed by atoms with Crippen molar-refractivity contribution in [2.75, 3.05) is 0 Å². The maximum atomic E-state index is 9.96. The van der Waals surface area contributed by atoms with Crippen molar-refractivity contribution in [1.29, 1.82) is 0 Å². The quantitative estimate of drug-likeness (QED) is 0.122. The van der Waals surface area contributed by atoms with Crippen LogP contribution in [-0.2, 0) is 0 Å². The topological polar surface area (TPSA) is 184 Å². The molecular formula is C42H26N8O4. The van der Waals surface area contributed by atoms with E-state index >= 15 is 0 Å². The van der Waals surface area contributed by atoms with E-state index in [1.807, 2.05) is 36.4 Å². The average molecular weight is 707 g/mol. The fourth-order valence-corrected chi connectivity index (χ4v) is 6.15. The highest BCUT2D eigenvalue weighted by atomic mass is 16.3. The maximum absolute atomic E-state index is 9.96. The van der Waals surface area contributed by atoms with E-state index in [1.165, 1.54) is 0 Å². The number of aromatic nitrogens is 8. The van der Waals surface area contributed by atoms with Gasteiger partial charge in [0.2, 0.25) is 11.6 Å². The Morgan fingerprint density at radius 3 is 0.907 bits per heavy atom. The molecule has 0 amide bonds. The third-order valence-electron chi connectivity index (χ3n) is 8.91. The van der Waals surface area contributed by atoms with Crippen LogP contribution < -0.4 is 0 Å². The SMILES string of the molecule is Oc1ccc(-c2nnc(-c3ccc4ccc5ccc(-c6nnc(-c7ccc(O)cc7)c(-c7ccc(O)cc7)n6)nc5c4n3)nc2-c2ccc(O)cc2)cc1. The molecule has 5 aromatic carbocycles. The van der Waals surface area contributed by atoms with Gasteiger partial charge in [0.25, 0.3) is 0 Å². The molecule has 9 aromatic rings. The Morgan fingerprint density at radius 2 is 0.574 bits per heavy atom. The zero-order valence-corrected chi connectivity index (χ0v) is 28.1. The van der Waals surface area contributed by atoms with E-state index in [4.69, 9.17) is 19.9 Å². The van der Waals surface area contributed by atoms with Crippen LogP contribution in [0, 0.1) is 0 Å². The van der Waals surface area contributed by atoms with Crippen molar-refractivity contribution in [3.8, 4) is 91.1 Å². The van der Waals surface area contributed by atoms with Gasteiger partial charge in [-0.15, -0.1) is 20.4 Å². The van der Waals surface area contributed by atoms with E-state index in [2.05, 4.69) is 20.4 Å². The van der Waals surface area contributed by atoms with Gasteiger partial charge in [-0.05, 0) is 109 Å². The number of pyridine rings is 2. The normalized spacial score (nSPS) is 11.3. The molecule has 12 heteroatoms. The molecule has 0 atom stereocenters. The van der Waals surface area contributed by atoms with Gasteiger partial charge in [-0.1, -0.05) is 24.3 Å². The number of hydrogen-bond acceptors (Lipinski definition) is 12. The highest BCUT2D eigenvalue weighted by Gasteiger charge is 2.19. The molecule has 4 N–H and O–H groups in total. The standard InChI is InChI=1S/C42H26N8O4/c51-29-13-3-25(4-14-29)37-39(27-7-17-31(53)18-8-27)47-49-41(45-37)33-21-11-23-1-2-24-12-22-34(44-36(24)35(23)43-33)42-46-38(26-5-15-30(52)16-6-26)40(48-50-42)28-9-19-32(54)20-10-28/h1-22,51-54H. The molecule has 4 aromatic heterocycles. The molecule has 0 bridgehead atoms. The van der Waals surface area contributed by atoms with Crippen LogP contribution in [0.25, 0.3) is 89.9 Å². The molecule has 0 saturated heterocycles. The Hall–Kier alpha value is -7.86. The summed E-state index contributed by atoms with van der Waals surface area (Å²) in [5.41, 5.74) is 7.03. The first-order chi connectivity index (χ1) is 26.4. The monoisotopic (exact) mass is 706 g/mol. The molecule has 0 unspecified atom stereocenters. The van der Waals surface area contributed by atoms with Gasteiger partial charge >= 0.3 is 0 Å². The molecule has 4 heterocycles. The van der Waals surface area contributed by atoms with Crippen molar-refractivity contribution < 1.29 is 20.4 Å². The molecule has 12 nitrogen and oxygen atoms in total. The van der Waals surface area contributed by atoms with Gasteiger partial charge in [-0.3, -0.25) is 0 Å². The first-order valence-corrected chi connectivity index (χ1v) is 16.7. The molecule has 0 aliphatic carbocycles. The number of phenols is 4. The minimum Gasteiger partial charge on any atom is -0.508 e. The van der Waals surface area contributed by atoms with E-state index in [9.17, 15) is 20.4 Å². The molecule has 258 valence electrons. The third kappa shape index (κ3) is 5.99. The molecule has 0 radical (unpaired) electrons. The molecule has 0 fully saturated rings. The molecule has 0 spiro atoms. The molecule has 0 aliphatic rings. The molecule has 9 rings (SSSR count). The van der Waals surface area contributed by atoms with Crippen molar-refractivity contribution in [3.63, 3.8) is 0 Å². The highest BCUT2D eigenvalue weighted by Crippen LogP contribution is 2.35. The Balaban J connectivity index is 1.17. The predicted octanol–water partition coefficient (Wildman–Crippen LogP) is 7.98. The van der Waals surface area contributed by atoms with Gasteiger partial charge in [-0.25, -0.2) is 19.9 Å². The van der Waals surface area contributed by atoms with Gasteiger partial charge in [-0.2, -0.15) is 0 Å². The molecular weight excluding hydrogens is 681 g/mol. The second-order valence-electron chi connectivity index (χ2n) is 12.5. The third-order valence-corrected chi connectivity index (χ3v) is 8.91. The Morgan fingerprint density at radius 1 is 0.278 bits per heavy atom. The Labute approximate surface area is 306 Å². The van der Waals surface area contributed by atoms with Crippen molar-refractivity contribution in [2.24, 2.45) is 0 Å². The van der Waals surface area contributed by atoms with Crippen LogP contribution in [0.15, 0.2) is 133 Å². The van der Waals surface area contributed by atoms with Gasteiger partial charge in [0, 0.05) is 33.0 Å². The lowest BCUT2D eigenvalue weighted by Crippen LogP contribution is -2.02. The molecule has 0 saturated carbocycles. The number of benzene rings is 5. The van der Waals surface area contributed by atoms with Crippen LogP contribution in [-0.4, -0.2) is 60.8 Å². The summed E-state index contributed by atoms with van der Waals surface area (Å²) in [6, 6.07) is 38.0. The number of aromatic hydroxyl groups is 4. The number of phenolic OH excluding ortho intramolecular Hbond substituents is 4.